The molecule has 0 spiro atoms. The lowest BCUT2D eigenvalue weighted by Crippen LogP contribution is -2.38. The molecule has 0 atom stereocenters. The smallest absolute Gasteiger partial charge is 0.253 e. The molecule has 52 heavy (non-hydrogen) atoms. The van der Waals surface area contributed by atoms with Gasteiger partial charge in [-0.25, -0.2) is 0 Å². The Kier molecular flexibility index (Phi) is 13.7. The lowest BCUT2D eigenvalue weighted by molar-refractivity contribution is -0.126. The zero-order valence-electron chi connectivity index (χ0n) is 30.9. The standard InChI is InChI=1S/C46H55N3O3/c1-52-44-21-18-39(19-22-44)20-23-45(50)49(30-8-14-36-9-3-2-4-10-36)35-40-13-6-15-41(33-40)42-16-7-17-43(34-42)46(51)48-31-26-38(27-32-48)12-5-11-37-24-28-47-29-25-37/h2-4,6-7,9-10,13,15-23,33-34,37-38,47H,5,8,11-12,14,24-32,35H2,1H3/b23-20+. The molecule has 6 rings (SSSR count). The summed E-state index contributed by atoms with van der Waals surface area (Å²) < 4.78 is 5.28. The van der Waals surface area contributed by atoms with Crippen LogP contribution >= 0.6 is 0 Å². The summed E-state index contributed by atoms with van der Waals surface area (Å²) in [5.41, 5.74) is 6.08. The van der Waals surface area contributed by atoms with Gasteiger partial charge in [-0.05, 0) is 128 Å². The van der Waals surface area contributed by atoms with Crippen LogP contribution in [0.25, 0.3) is 17.2 Å². The van der Waals surface area contributed by atoms with Crippen molar-refractivity contribution in [2.45, 2.75) is 64.3 Å². The molecule has 1 N–H and O–H groups in total. The first-order valence-corrected chi connectivity index (χ1v) is 19.4. The van der Waals surface area contributed by atoms with Gasteiger partial charge in [0.15, 0.2) is 0 Å². The number of aryl methyl sites for hydroxylation is 1. The highest BCUT2D eigenvalue weighted by atomic mass is 16.5. The SMILES string of the molecule is COc1ccc(/C=C/C(=O)N(CCCc2ccccc2)Cc2cccc(-c3cccc(C(=O)N4CCC(CCCC5CCNCC5)CC4)c3)c2)cc1. The Balaban J connectivity index is 1.07. The summed E-state index contributed by atoms with van der Waals surface area (Å²) in [5, 5.41) is 3.47. The number of piperidine rings is 2. The molecule has 272 valence electrons. The van der Waals surface area contributed by atoms with Gasteiger partial charge in [0.05, 0.1) is 7.11 Å². The molecule has 2 aliphatic rings. The average molecular weight is 698 g/mol. The first kappa shape index (κ1) is 37.1. The number of carbonyl (C=O) groups is 2. The van der Waals surface area contributed by atoms with Crippen LogP contribution in [-0.2, 0) is 17.8 Å². The second-order valence-electron chi connectivity index (χ2n) is 14.6. The number of likely N-dealkylation sites (tertiary alicyclic amines) is 1. The van der Waals surface area contributed by atoms with E-state index in [0.717, 1.165) is 84.2 Å². The predicted octanol–water partition coefficient (Wildman–Crippen LogP) is 9.06. The quantitative estimate of drug-likeness (QED) is 0.126. The van der Waals surface area contributed by atoms with Crippen molar-refractivity contribution in [2.75, 3.05) is 39.8 Å². The van der Waals surface area contributed by atoms with Crippen LogP contribution in [0.1, 0.15) is 78.4 Å². The molecule has 2 amide bonds. The monoisotopic (exact) mass is 697 g/mol. The van der Waals surface area contributed by atoms with E-state index in [1.807, 2.05) is 59.5 Å². The molecule has 4 aromatic rings. The molecule has 0 bridgehead atoms. The van der Waals surface area contributed by atoms with Crippen molar-refractivity contribution in [3.8, 4) is 16.9 Å². The van der Waals surface area contributed by atoms with Gasteiger partial charge in [-0.2, -0.15) is 0 Å². The van der Waals surface area contributed by atoms with E-state index in [1.165, 1.54) is 50.8 Å². The number of rotatable bonds is 15. The van der Waals surface area contributed by atoms with Crippen LogP contribution in [0.3, 0.4) is 0 Å². The maximum atomic E-state index is 13.7. The second-order valence-corrected chi connectivity index (χ2v) is 14.6. The number of amides is 2. The third kappa shape index (κ3) is 10.9. The second kappa shape index (κ2) is 19.2. The molecule has 0 aromatic heterocycles. The minimum atomic E-state index is -0.0209. The Morgan fingerprint density at radius 2 is 1.44 bits per heavy atom. The fraction of sp³-hybridized carbons (Fsp3) is 0.391. The van der Waals surface area contributed by atoms with Gasteiger partial charge < -0.3 is 19.9 Å². The fourth-order valence-corrected chi connectivity index (χ4v) is 7.75. The van der Waals surface area contributed by atoms with Crippen molar-refractivity contribution in [2.24, 2.45) is 11.8 Å². The van der Waals surface area contributed by atoms with Crippen molar-refractivity contribution in [3.05, 3.63) is 131 Å². The normalized spacial score (nSPS) is 15.5. The number of benzene rings is 4. The highest BCUT2D eigenvalue weighted by Gasteiger charge is 2.24. The van der Waals surface area contributed by atoms with Crippen LogP contribution in [0.15, 0.2) is 109 Å². The first-order chi connectivity index (χ1) is 25.5. The van der Waals surface area contributed by atoms with Crippen molar-refractivity contribution in [3.63, 3.8) is 0 Å². The van der Waals surface area contributed by atoms with Gasteiger partial charge in [0.1, 0.15) is 5.75 Å². The van der Waals surface area contributed by atoms with E-state index in [4.69, 9.17) is 4.74 Å². The number of hydrogen-bond donors (Lipinski definition) is 1. The van der Waals surface area contributed by atoms with Gasteiger partial charge in [-0.15, -0.1) is 0 Å². The van der Waals surface area contributed by atoms with Crippen LogP contribution in [0.5, 0.6) is 5.75 Å². The van der Waals surface area contributed by atoms with E-state index in [-0.39, 0.29) is 11.8 Å². The molecule has 2 saturated heterocycles. The van der Waals surface area contributed by atoms with Crippen molar-refractivity contribution in [1.29, 1.82) is 0 Å². The van der Waals surface area contributed by atoms with Crippen molar-refractivity contribution in [1.82, 2.24) is 15.1 Å². The van der Waals surface area contributed by atoms with Gasteiger partial charge in [0.2, 0.25) is 5.91 Å². The predicted molar refractivity (Wildman–Crippen MR) is 212 cm³/mol. The van der Waals surface area contributed by atoms with E-state index in [9.17, 15) is 9.59 Å². The molecular formula is C46H55N3O3. The molecule has 2 heterocycles. The van der Waals surface area contributed by atoms with Crippen LogP contribution in [0, 0.1) is 11.8 Å². The first-order valence-electron chi connectivity index (χ1n) is 19.4. The van der Waals surface area contributed by atoms with E-state index in [1.54, 1.807) is 13.2 Å². The summed E-state index contributed by atoms with van der Waals surface area (Å²) in [7, 11) is 1.65. The number of nitrogens with one attached hydrogen (secondary N) is 1. The lowest BCUT2D eigenvalue weighted by Gasteiger charge is -2.32. The lowest BCUT2D eigenvalue weighted by atomic mass is 9.87. The summed E-state index contributed by atoms with van der Waals surface area (Å²) in [6.07, 6.45) is 14.2. The highest BCUT2D eigenvalue weighted by molar-refractivity contribution is 5.95. The maximum absolute atomic E-state index is 13.7. The molecule has 0 saturated carbocycles. The summed E-state index contributed by atoms with van der Waals surface area (Å²) in [6, 6.07) is 34.5. The summed E-state index contributed by atoms with van der Waals surface area (Å²) in [5.74, 6) is 2.53. The Labute approximate surface area is 310 Å². The van der Waals surface area contributed by atoms with Crippen molar-refractivity contribution >= 4 is 17.9 Å². The summed E-state index contributed by atoms with van der Waals surface area (Å²) in [6.45, 7) is 5.19. The van der Waals surface area contributed by atoms with Gasteiger partial charge >= 0.3 is 0 Å². The molecule has 0 unspecified atom stereocenters. The molecule has 4 aromatic carbocycles. The summed E-state index contributed by atoms with van der Waals surface area (Å²) >= 11 is 0. The molecule has 0 aliphatic carbocycles. The molecule has 2 fully saturated rings. The van der Waals surface area contributed by atoms with Crippen LogP contribution in [0.4, 0.5) is 0 Å². The number of nitrogens with zero attached hydrogens (tertiary/aromatic N) is 2. The average Bonchev–Trinajstić information content (AvgIpc) is 3.20. The number of hydrogen-bond acceptors (Lipinski definition) is 4. The van der Waals surface area contributed by atoms with E-state index in [0.29, 0.717) is 13.1 Å². The maximum Gasteiger partial charge on any atom is 0.253 e. The highest BCUT2D eigenvalue weighted by Crippen LogP contribution is 2.28. The van der Waals surface area contributed by atoms with Gasteiger partial charge in [-0.3, -0.25) is 9.59 Å². The Bertz CT molecular complexity index is 1740. The summed E-state index contributed by atoms with van der Waals surface area (Å²) in [4.78, 5) is 31.3. The zero-order chi connectivity index (χ0) is 36.0. The van der Waals surface area contributed by atoms with E-state index in [2.05, 4.69) is 64.8 Å². The van der Waals surface area contributed by atoms with Crippen LogP contribution < -0.4 is 10.1 Å². The number of methoxy groups -OCH3 is 1. The molecule has 2 aliphatic heterocycles. The molecule has 6 heteroatoms. The Hall–Kier alpha value is -4.68. The fourth-order valence-electron chi connectivity index (χ4n) is 7.75. The topological polar surface area (TPSA) is 61.9 Å². The van der Waals surface area contributed by atoms with Gasteiger partial charge in [-0.1, -0.05) is 92.1 Å². The molecule has 6 nitrogen and oxygen atoms in total. The Morgan fingerprint density at radius 3 is 2.17 bits per heavy atom. The Morgan fingerprint density at radius 1 is 0.769 bits per heavy atom. The minimum Gasteiger partial charge on any atom is -0.497 e. The molecule has 0 radical (unpaired) electrons. The van der Waals surface area contributed by atoms with Gasteiger partial charge in [0, 0.05) is 37.8 Å². The third-order valence-electron chi connectivity index (χ3n) is 10.9. The largest absolute Gasteiger partial charge is 0.497 e. The number of carbonyl (C=O) groups excluding carboxylic acids is 2. The van der Waals surface area contributed by atoms with E-state index >= 15 is 0 Å². The van der Waals surface area contributed by atoms with E-state index < -0.39 is 0 Å². The van der Waals surface area contributed by atoms with Crippen LogP contribution in [0.2, 0.25) is 0 Å². The third-order valence-corrected chi connectivity index (χ3v) is 10.9. The van der Waals surface area contributed by atoms with Gasteiger partial charge in [0.25, 0.3) is 5.91 Å². The number of ether oxygens (including phenoxy) is 1. The van der Waals surface area contributed by atoms with Crippen molar-refractivity contribution < 1.29 is 14.3 Å². The minimum absolute atomic E-state index is 0.0209. The zero-order valence-corrected chi connectivity index (χ0v) is 30.9. The molecular weight excluding hydrogens is 643 g/mol. The van der Waals surface area contributed by atoms with Crippen LogP contribution in [-0.4, -0.2) is 61.4 Å².